The summed E-state index contributed by atoms with van der Waals surface area (Å²) in [7, 11) is 0. The minimum Gasteiger partial charge on any atom is -0.408 e. The molecule has 0 spiro atoms. The van der Waals surface area contributed by atoms with Crippen LogP contribution in [0.2, 0.25) is 0 Å². The molecule has 0 aliphatic rings. The highest BCUT2D eigenvalue weighted by Gasteiger charge is 2.16. The van der Waals surface area contributed by atoms with Gasteiger partial charge in [0.05, 0.1) is 12.1 Å². The maximum atomic E-state index is 12.3. The molecule has 0 saturated heterocycles. The third-order valence-corrected chi connectivity index (χ3v) is 4.18. The van der Waals surface area contributed by atoms with Crippen molar-refractivity contribution >= 4 is 28.2 Å². The van der Waals surface area contributed by atoms with Crippen LogP contribution in [0.25, 0.3) is 11.1 Å². The van der Waals surface area contributed by atoms with Gasteiger partial charge in [-0.2, -0.15) is 0 Å². The summed E-state index contributed by atoms with van der Waals surface area (Å²) in [5, 5.41) is 0. The maximum Gasteiger partial charge on any atom is 0.420 e. The molecule has 0 N–H and O–H groups in total. The number of aryl methyl sites for hydroxylation is 2. The molecular weight excluding hydrogens is 274 g/mol. The number of ketones is 1. The van der Waals surface area contributed by atoms with E-state index in [9.17, 15) is 9.59 Å². The van der Waals surface area contributed by atoms with E-state index in [1.54, 1.807) is 29.5 Å². The number of thiophene rings is 1. The molecule has 0 atom stereocenters. The third kappa shape index (κ3) is 2.10. The number of aromatic nitrogens is 1. The zero-order valence-corrected chi connectivity index (χ0v) is 12.0. The molecule has 0 unspecified atom stereocenters. The first-order valence-corrected chi connectivity index (χ1v) is 7.06. The van der Waals surface area contributed by atoms with Crippen LogP contribution < -0.4 is 5.76 Å². The number of fused-ring (bicyclic) bond motifs is 1. The molecule has 102 valence electrons. The molecule has 2 heterocycles. The molecule has 0 aliphatic heterocycles. The van der Waals surface area contributed by atoms with Crippen molar-refractivity contribution in [3.8, 4) is 0 Å². The number of carbonyl (C=O) groups excluding carboxylic acids is 1. The third-order valence-electron chi connectivity index (χ3n) is 3.22. The first kappa shape index (κ1) is 12.9. The number of oxazole rings is 1. The van der Waals surface area contributed by atoms with E-state index in [2.05, 4.69) is 0 Å². The summed E-state index contributed by atoms with van der Waals surface area (Å²) in [4.78, 5) is 26.3. The molecule has 0 aliphatic carbocycles. The lowest BCUT2D eigenvalue weighted by atomic mass is 10.1. The number of Topliss-reactive ketones (excluding diaryl/α,β-unsaturated/α-hetero) is 1. The number of hydrogen-bond acceptors (Lipinski definition) is 4. The summed E-state index contributed by atoms with van der Waals surface area (Å²) in [6, 6.07) is 8.98. The van der Waals surface area contributed by atoms with E-state index >= 15 is 0 Å². The Morgan fingerprint density at radius 1 is 1.30 bits per heavy atom. The molecule has 2 aromatic heterocycles. The highest BCUT2D eigenvalue weighted by atomic mass is 32.1. The predicted octanol–water partition coefficient (Wildman–Crippen LogP) is 3.16. The van der Waals surface area contributed by atoms with Crippen molar-refractivity contribution < 1.29 is 9.21 Å². The van der Waals surface area contributed by atoms with Crippen LogP contribution in [0.4, 0.5) is 0 Å². The second-order valence-corrected chi connectivity index (χ2v) is 6.13. The standard InChI is InChI=1S/C15H13NO3S/c1-9-7-11(10(2)20-9)13(17)8-16-12-5-3-4-6-14(12)19-15(16)18/h3-7H,8H2,1-2H3. The predicted molar refractivity (Wildman–Crippen MR) is 78.6 cm³/mol. The van der Waals surface area contributed by atoms with E-state index in [4.69, 9.17) is 4.42 Å². The van der Waals surface area contributed by atoms with Crippen molar-refractivity contribution in [1.29, 1.82) is 0 Å². The zero-order valence-electron chi connectivity index (χ0n) is 11.2. The van der Waals surface area contributed by atoms with Gasteiger partial charge in [0.2, 0.25) is 0 Å². The Hall–Kier alpha value is -2.14. The first-order valence-electron chi connectivity index (χ1n) is 6.25. The lowest BCUT2D eigenvalue weighted by molar-refractivity contribution is 0.0970. The lowest BCUT2D eigenvalue weighted by Gasteiger charge is -2.01. The van der Waals surface area contributed by atoms with Crippen molar-refractivity contribution in [2.24, 2.45) is 0 Å². The van der Waals surface area contributed by atoms with Crippen LogP contribution in [0.15, 0.2) is 39.5 Å². The summed E-state index contributed by atoms with van der Waals surface area (Å²) in [5.74, 6) is -0.565. The number of hydrogen-bond donors (Lipinski definition) is 0. The van der Waals surface area contributed by atoms with E-state index in [1.165, 1.54) is 4.57 Å². The molecular formula is C15H13NO3S. The fraction of sp³-hybridized carbons (Fsp3) is 0.200. The molecule has 4 nitrogen and oxygen atoms in total. The number of nitrogens with zero attached hydrogens (tertiary/aromatic N) is 1. The van der Waals surface area contributed by atoms with Gasteiger partial charge < -0.3 is 4.42 Å². The molecule has 0 radical (unpaired) electrons. The highest BCUT2D eigenvalue weighted by Crippen LogP contribution is 2.22. The second-order valence-electron chi connectivity index (χ2n) is 4.67. The number of carbonyl (C=O) groups is 1. The van der Waals surface area contributed by atoms with Crippen molar-refractivity contribution in [2.45, 2.75) is 20.4 Å². The van der Waals surface area contributed by atoms with Crippen molar-refractivity contribution in [1.82, 2.24) is 4.57 Å². The second kappa shape index (κ2) is 4.76. The molecule has 3 aromatic rings. The Bertz CT molecular complexity index is 854. The summed E-state index contributed by atoms with van der Waals surface area (Å²) in [6.45, 7) is 3.89. The monoisotopic (exact) mass is 287 g/mol. The van der Waals surface area contributed by atoms with Crippen LogP contribution in [0.3, 0.4) is 0 Å². The molecule has 5 heteroatoms. The lowest BCUT2D eigenvalue weighted by Crippen LogP contribution is -2.20. The highest BCUT2D eigenvalue weighted by molar-refractivity contribution is 7.12. The average molecular weight is 287 g/mol. The van der Waals surface area contributed by atoms with Gasteiger partial charge in [-0.1, -0.05) is 12.1 Å². The number of rotatable bonds is 3. The SMILES string of the molecule is Cc1cc(C(=O)Cn2c(=O)oc3ccccc32)c(C)s1. The number of benzene rings is 1. The van der Waals surface area contributed by atoms with Gasteiger partial charge in [-0.25, -0.2) is 4.79 Å². The Labute approximate surface area is 119 Å². The van der Waals surface area contributed by atoms with Gasteiger partial charge in [0, 0.05) is 15.3 Å². The minimum absolute atomic E-state index is 0.00681. The van der Waals surface area contributed by atoms with E-state index < -0.39 is 5.76 Å². The summed E-state index contributed by atoms with van der Waals surface area (Å²) >= 11 is 1.59. The minimum atomic E-state index is -0.496. The largest absolute Gasteiger partial charge is 0.420 e. The molecule has 1 aromatic carbocycles. The quantitative estimate of drug-likeness (QED) is 0.695. The van der Waals surface area contributed by atoms with Gasteiger partial charge in [-0.3, -0.25) is 9.36 Å². The van der Waals surface area contributed by atoms with Gasteiger partial charge in [-0.05, 0) is 32.0 Å². The van der Waals surface area contributed by atoms with Crippen LogP contribution in [-0.2, 0) is 6.54 Å². The van der Waals surface area contributed by atoms with Crippen LogP contribution in [0.1, 0.15) is 20.1 Å². The Morgan fingerprint density at radius 3 is 2.75 bits per heavy atom. The van der Waals surface area contributed by atoms with Crippen LogP contribution in [0, 0.1) is 13.8 Å². The van der Waals surface area contributed by atoms with E-state index in [1.807, 2.05) is 26.0 Å². The molecule has 3 rings (SSSR count). The van der Waals surface area contributed by atoms with Crippen LogP contribution in [-0.4, -0.2) is 10.4 Å². The zero-order chi connectivity index (χ0) is 14.3. The Balaban J connectivity index is 2.01. The van der Waals surface area contributed by atoms with Gasteiger partial charge in [-0.15, -0.1) is 11.3 Å². The molecule has 0 saturated carbocycles. The average Bonchev–Trinajstić information content (AvgIpc) is 2.90. The Morgan fingerprint density at radius 2 is 2.05 bits per heavy atom. The van der Waals surface area contributed by atoms with Crippen molar-refractivity contribution in [3.05, 3.63) is 56.2 Å². The van der Waals surface area contributed by atoms with Crippen molar-refractivity contribution in [3.63, 3.8) is 0 Å². The summed E-state index contributed by atoms with van der Waals surface area (Å²) in [6.07, 6.45) is 0. The fourth-order valence-electron chi connectivity index (χ4n) is 2.30. The van der Waals surface area contributed by atoms with E-state index in [0.29, 0.717) is 16.7 Å². The molecule has 0 amide bonds. The summed E-state index contributed by atoms with van der Waals surface area (Å²) < 4.78 is 6.51. The molecule has 20 heavy (non-hydrogen) atoms. The van der Waals surface area contributed by atoms with Crippen molar-refractivity contribution in [2.75, 3.05) is 0 Å². The van der Waals surface area contributed by atoms with Crippen LogP contribution in [0.5, 0.6) is 0 Å². The number of para-hydroxylation sites is 2. The van der Waals surface area contributed by atoms with Gasteiger partial charge in [0.15, 0.2) is 11.4 Å². The smallest absolute Gasteiger partial charge is 0.408 e. The Kier molecular flexibility index (Phi) is 3.06. The van der Waals surface area contributed by atoms with Gasteiger partial charge >= 0.3 is 5.76 Å². The molecule has 0 bridgehead atoms. The van der Waals surface area contributed by atoms with Crippen LogP contribution >= 0.6 is 11.3 Å². The van der Waals surface area contributed by atoms with E-state index in [-0.39, 0.29) is 12.3 Å². The molecule has 0 fully saturated rings. The maximum absolute atomic E-state index is 12.3. The summed E-state index contributed by atoms with van der Waals surface area (Å²) in [5.41, 5.74) is 1.84. The normalized spacial score (nSPS) is 11.1. The van der Waals surface area contributed by atoms with Gasteiger partial charge in [0.25, 0.3) is 0 Å². The topological polar surface area (TPSA) is 52.2 Å². The first-order chi connectivity index (χ1) is 9.56. The van der Waals surface area contributed by atoms with E-state index in [0.717, 1.165) is 9.75 Å². The fourth-order valence-corrected chi connectivity index (χ4v) is 3.24. The van der Waals surface area contributed by atoms with Gasteiger partial charge in [0.1, 0.15) is 0 Å².